The minimum atomic E-state index is 0.285. The molecule has 1 aliphatic carbocycles. The molecule has 1 aromatic heterocycles. The van der Waals surface area contributed by atoms with Crippen LogP contribution in [-0.2, 0) is 18.4 Å². The standard InChI is InChI=1S/C16H25N3O/c1-18-11-9-13(17-18)12-19-10-5-4-7-15(19)14-6-2-3-8-16(14)20/h9,11,14-15H,2-8,10,12H2,1H3. The van der Waals surface area contributed by atoms with Gasteiger partial charge in [-0.05, 0) is 38.3 Å². The summed E-state index contributed by atoms with van der Waals surface area (Å²) in [7, 11) is 1.96. The van der Waals surface area contributed by atoms with Crippen molar-refractivity contribution in [3.8, 4) is 0 Å². The largest absolute Gasteiger partial charge is 0.299 e. The summed E-state index contributed by atoms with van der Waals surface area (Å²) in [6.45, 7) is 2.01. The van der Waals surface area contributed by atoms with Crippen LogP contribution in [0.1, 0.15) is 50.6 Å². The van der Waals surface area contributed by atoms with E-state index in [2.05, 4.69) is 16.1 Å². The number of aryl methyl sites for hydroxylation is 1. The highest BCUT2D eigenvalue weighted by atomic mass is 16.1. The molecular weight excluding hydrogens is 250 g/mol. The van der Waals surface area contributed by atoms with Crippen LogP contribution in [0.4, 0.5) is 0 Å². The van der Waals surface area contributed by atoms with Gasteiger partial charge in [-0.2, -0.15) is 5.10 Å². The fourth-order valence-electron chi connectivity index (χ4n) is 3.84. The Morgan fingerprint density at radius 1 is 1.25 bits per heavy atom. The van der Waals surface area contributed by atoms with Gasteiger partial charge in [-0.3, -0.25) is 14.4 Å². The highest BCUT2D eigenvalue weighted by Crippen LogP contribution is 2.32. The maximum atomic E-state index is 12.2. The molecule has 2 unspecified atom stereocenters. The average Bonchev–Trinajstić information content (AvgIpc) is 2.86. The molecule has 2 aliphatic rings. The number of hydrogen-bond acceptors (Lipinski definition) is 3. The number of nitrogens with zero attached hydrogens (tertiary/aromatic N) is 3. The second-order valence-electron chi connectivity index (χ2n) is 6.33. The van der Waals surface area contributed by atoms with Crippen molar-refractivity contribution < 1.29 is 4.79 Å². The molecule has 4 nitrogen and oxygen atoms in total. The van der Waals surface area contributed by atoms with Crippen LogP contribution in [0.25, 0.3) is 0 Å². The molecule has 20 heavy (non-hydrogen) atoms. The molecule has 2 heterocycles. The Kier molecular flexibility index (Phi) is 4.20. The minimum absolute atomic E-state index is 0.285. The first kappa shape index (κ1) is 13.8. The lowest BCUT2D eigenvalue weighted by molar-refractivity contribution is -0.127. The van der Waals surface area contributed by atoms with Crippen LogP contribution < -0.4 is 0 Å². The summed E-state index contributed by atoms with van der Waals surface area (Å²) in [6, 6.07) is 2.55. The van der Waals surface area contributed by atoms with E-state index < -0.39 is 0 Å². The third kappa shape index (κ3) is 2.95. The predicted octanol–water partition coefficient (Wildman–Crippen LogP) is 2.53. The lowest BCUT2D eigenvalue weighted by Crippen LogP contribution is -2.47. The number of Topliss-reactive ketones (excluding diaryl/α,β-unsaturated/α-hetero) is 1. The summed E-state index contributed by atoms with van der Waals surface area (Å²) in [5, 5.41) is 4.49. The number of rotatable bonds is 3. The number of likely N-dealkylation sites (tertiary alicyclic amines) is 1. The molecule has 0 aromatic carbocycles. The molecule has 2 atom stereocenters. The Morgan fingerprint density at radius 2 is 2.10 bits per heavy atom. The lowest BCUT2D eigenvalue weighted by Gasteiger charge is -2.40. The van der Waals surface area contributed by atoms with Crippen molar-refractivity contribution in [2.45, 2.75) is 57.5 Å². The van der Waals surface area contributed by atoms with Crippen molar-refractivity contribution >= 4 is 5.78 Å². The van der Waals surface area contributed by atoms with E-state index in [1.807, 2.05) is 17.9 Å². The first-order valence-electron chi connectivity index (χ1n) is 7.99. The van der Waals surface area contributed by atoms with Gasteiger partial charge in [0.2, 0.25) is 0 Å². The lowest BCUT2D eigenvalue weighted by atomic mass is 9.79. The first-order chi connectivity index (χ1) is 9.74. The first-order valence-corrected chi connectivity index (χ1v) is 7.99. The smallest absolute Gasteiger partial charge is 0.137 e. The number of ketones is 1. The van der Waals surface area contributed by atoms with Crippen molar-refractivity contribution in [2.75, 3.05) is 6.54 Å². The van der Waals surface area contributed by atoms with Crippen molar-refractivity contribution in [1.29, 1.82) is 0 Å². The second-order valence-corrected chi connectivity index (χ2v) is 6.33. The summed E-state index contributed by atoms with van der Waals surface area (Å²) in [5.41, 5.74) is 1.13. The zero-order chi connectivity index (χ0) is 13.9. The van der Waals surface area contributed by atoms with Crippen LogP contribution in [0.2, 0.25) is 0 Å². The van der Waals surface area contributed by atoms with E-state index in [1.165, 1.54) is 25.7 Å². The van der Waals surface area contributed by atoms with Gasteiger partial charge in [0, 0.05) is 38.2 Å². The van der Waals surface area contributed by atoms with E-state index in [1.54, 1.807) is 0 Å². The van der Waals surface area contributed by atoms with Crippen LogP contribution in [-0.4, -0.2) is 33.1 Å². The fraction of sp³-hybridized carbons (Fsp3) is 0.750. The van der Waals surface area contributed by atoms with Gasteiger partial charge in [0.05, 0.1) is 5.69 Å². The molecule has 4 heteroatoms. The Labute approximate surface area is 121 Å². The number of hydrogen-bond donors (Lipinski definition) is 0. The molecular formula is C16H25N3O. The van der Waals surface area contributed by atoms with Gasteiger partial charge in [-0.15, -0.1) is 0 Å². The van der Waals surface area contributed by atoms with Gasteiger partial charge < -0.3 is 0 Å². The number of carbonyl (C=O) groups excluding carboxylic acids is 1. The van der Waals surface area contributed by atoms with E-state index in [-0.39, 0.29) is 5.92 Å². The summed E-state index contributed by atoms with van der Waals surface area (Å²) in [4.78, 5) is 14.8. The molecule has 0 bridgehead atoms. The summed E-state index contributed by atoms with van der Waals surface area (Å²) >= 11 is 0. The number of carbonyl (C=O) groups is 1. The van der Waals surface area contributed by atoms with E-state index in [4.69, 9.17) is 0 Å². The maximum Gasteiger partial charge on any atom is 0.137 e. The van der Waals surface area contributed by atoms with Crippen LogP contribution in [0.3, 0.4) is 0 Å². The van der Waals surface area contributed by atoms with Crippen LogP contribution in [0, 0.1) is 5.92 Å². The molecule has 0 radical (unpaired) electrons. The Hall–Kier alpha value is -1.16. The van der Waals surface area contributed by atoms with E-state index in [0.717, 1.165) is 38.0 Å². The zero-order valence-electron chi connectivity index (χ0n) is 12.4. The summed E-state index contributed by atoms with van der Waals surface area (Å²) in [6.07, 6.45) is 9.94. The fourth-order valence-corrected chi connectivity index (χ4v) is 3.84. The zero-order valence-corrected chi connectivity index (χ0v) is 12.4. The quantitative estimate of drug-likeness (QED) is 0.851. The number of aromatic nitrogens is 2. The Morgan fingerprint density at radius 3 is 2.85 bits per heavy atom. The molecule has 110 valence electrons. The van der Waals surface area contributed by atoms with Gasteiger partial charge in [0.1, 0.15) is 5.78 Å². The topological polar surface area (TPSA) is 38.1 Å². The molecule has 0 spiro atoms. The van der Waals surface area contributed by atoms with E-state index in [9.17, 15) is 4.79 Å². The molecule has 1 aromatic rings. The van der Waals surface area contributed by atoms with Gasteiger partial charge in [0.25, 0.3) is 0 Å². The third-order valence-corrected chi connectivity index (χ3v) is 4.86. The maximum absolute atomic E-state index is 12.2. The molecule has 0 amide bonds. The van der Waals surface area contributed by atoms with Gasteiger partial charge in [-0.25, -0.2) is 0 Å². The highest BCUT2D eigenvalue weighted by molar-refractivity contribution is 5.82. The molecule has 1 aliphatic heterocycles. The van der Waals surface area contributed by atoms with Crippen molar-refractivity contribution in [1.82, 2.24) is 14.7 Å². The predicted molar refractivity (Wildman–Crippen MR) is 78.2 cm³/mol. The van der Waals surface area contributed by atoms with Gasteiger partial charge >= 0.3 is 0 Å². The van der Waals surface area contributed by atoms with Crippen LogP contribution >= 0.6 is 0 Å². The molecule has 2 fully saturated rings. The molecule has 1 saturated heterocycles. The summed E-state index contributed by atoms with van der Waals surface area (Å²) < 4.78 is 1.86. The molecule has 1 saturated carbocycles. The summed E-state index contributed by atoms with van der Waals surface area (Å²) in [5.74, 6) is 0.793. The SMILES string of the molecule is Cn1ccc(CN2CCCCC2C2CCCCC2=O)n1. The van der Waals surface area contributed by atoms with Gasteiger partial charge in [0.15, 0.2) is 0 Å². The Bertz CT molecular complexity index is 468. The van der Waals surface area contributed by atoms with Crippen molar-refractivity contribution in [2.24, 2.45) is 13.0 Å². The van der Waals surface area contributed by atoms with Gasteiger partial charge in [-0.1, -0.05) is 12.8 Å². The Balaban J connectivity index is 1.71. The molecule has 3 rings (SSSR count). The third-order valence-electron chi connectivity index (χ3n) is 4.86. The minimum Gasteiger partial charge on any atom is -0.299 e. The number of piperidine rings is 1. The monoisotopic (exact) mass is 275 g/mol. The van der Waals surface area contributed by atoms with E-state index in [0.29, 0.717) is 11.8 Å². The van der Waals surface area contributed by atoms with Crippen molar-refractivity contribution in [3.05, 3.63) is 18.0 Å². The normalized spacial score (nSPS) is 28.8. The molecule has 0 N–H and O–H groups in total. The average molecular weight is 275 g/mol. The second kappa shape index (κ2) is 6.08. The van der Waals surface area contributed by atoms with Crippen molar-refractivity contribution in [3.63, 3.8) is 0 Å². The highest BCUT2D eigenvalue weighted by Gasteiger charge is 2.35. The van der Waals surface area contributed by atoms with E-state index >= 15 is 0 Å². The van der Waals surface area contributed by atoms with Crippen LogP contribution in [0.15, 0.2) is 12.3 Å². The van der Waals surface area contributed by atoms with Crippen LogP contribution in [0.5, 0.6) is 0 Å².